The molecule has 0 aliphatic carbocycles. The third-order valence-electron chi connectivity index (χ3n) is 9.69. The van der Waals surface area contributed by atoms with Gasteiger partial charge in [-0.2, -0.15) is 0 Å². The fraction of sp³-hybridized carbons (Fsp3) is 0.727. The zero-order chi connectivity index (χ0) is 38.0. The van der Waals surface area contributed by atoms with Crippen LogP contribution >= 0.6 is 0 Å². The molecular weight excluding hydrogens is 712 g/mol. The molecule has 1 rings (SSSR count). The molecule has 0 spiro atoms. The van der Waals surface area contributed by atoms with Gasteiger partial charge in [-0.3, -0.25) is 0 Å². The van der Waals surface area contributed by atoms with E-state index in [1.807, 2.05) is 0 Å². The molecule has 7 nitrogen and oxygen atoms in total. The van der Waals surface area contributed by atoms with E-state index in [0.29, 0.717) is 12.8 Å². The van der Waals surface area contributed by atoms with Gasteiger partial charge >= 0.3 is 63.3 Å². The number of allylic oxidation sites excluding steroid dienone is 4. The fourth-order valence-corrected chi connectivity index (χ4v) is 7.24. The van der Waals surface area contributed by atoms with Gasteiger partial charge in [0.05, 0.1) is 29.2 Å². The van der Waals surface area contributed by atoms with Crippen molar-refractivity contribution >= 4 is 22.1 Å². The van der Waals surface area contributed by atoms with Gasteiger partial charge in [-0.15, -0.1) is 0 Å². The van der Waals surface area contributed by atoms with Crippen LogP contribution in [0.5, 0.6) is 0 Å². The molecule has 0 heterocycles. The van der Waals surface area contributed by atoms with Crippen LogP contribution in [0.25, 0.3) is 0 Å². The van der Waals surface area contributed by atoms with Crippen LogP contribution in [-0.4, -0.2) is 38.1 Å². The smallest absolute Gasteiger partial charge is 0.744 e. The van der Waals surface area contributed by atoms with Crippen molar-refractivity contribution in [2.45, 2.75) is 199 Å². The largest absolute Gasteiger partial charge is 1.00 e. The molecule has 0 fully saturated rings. The predicted octanol–water partition coefficient (Wildman–Crippen LogP) is 9.98. The van der Waals surface area contributed by atoms with Crippen molar-refractivity contribution < 1.29 is 83.4 Å². The quantitative estimate of drug-likeness (QED) is 0.0222. The Bertz CT molecular complexity index is 1210. The molecule has 0 aliphatic heterocycles. The van der Waals surface area contributed by atoms with Crippen molar-refractivity contribution in [1.29, 1.82) is 0 Å². The monoisotopic (exact) mass is 784 g/mol. The number of hydrogen-bond donors (Lipinski definition) is 0. The molecule has 0 saturated heterocycles. The number of carbonyl (C=O) groups is 2. The fourth-order valence-electron chi connectivity index (χ4n) is 6.55. The molecule has 0 aromatic heterocycles. The molecule has 0 amide bonds. The average Bonchev–Trinajstić information content (AvgIpc) is 3.13. The summed E-state index contributed by atoms with van der Waals surface area (Å²) in [5.74, 6) is -1.81. The second-order valence-corrected chi connectivity index (χ2v) is 15.7. The Labute approximate surface area is 367 Å². The minimum atomic E-state index is -5.01. The van der Waals surface area contributed by atoms with Crippen molar-refractivity contribution in [3.05, 3.63) is 53.6 Å². The van der Waals surface area contributed by atoms with E-state index in [2.05, 4.69) is 38.2 Å². The summed E-state index contributed by atoms with van der Waals surface area (Å²) in [6.45, 7) is 4.40. The predicted molar refractivity (Wildman–Crippen MR) is 214 cm³/mol. The molecule has 9 heteroatoms. The van der Waals surface area contributed by atoms with Crippen molar-refractivity contribution in [1.82, 2.24) is 0 Å². The molecular formula is C44H73KO7S. The summed E-state index contributed by atoms with van der Waals surface area (Å²) in [7, 11) is -5.01. The van der Waals surface area contributed by atoms with E-state index >= 15 is 0 Å². The number of benzene rings is 1. The Kier molecular flexibility index (Phi) is 36.2. The van der Waals surface area contributed by atoms with Crippen LogP contribution in [0.2, 0.25) is 0 Å². The molecule has 298 valence electrons. The van der Waals surface area contributed by atoms with Crippen LogP contribution in [0.1, 0.15) is 214 Å². The number of carbonyl (C=O) groups excluding carboxylic acids is 2. The first-order valence-corrected chi connectivity index (χ1v) is 22.4. The zero-order valence-electron chi connectivity index (χ0n) is 34.0. The van der Waals surface area contributed by atoms with Gasteiger partial charge in [-0.05, 0) is 64.5 Å². The standard InChI is InChI=1S/C44H74O7S.K/c1-3-5-7-9-11-13-15-17-19-21-23-25-27-29-31-33-38-50-43(45)40-36-35-37-41(52(47,48)49)42(40)44(46)51-39-34-32-30-28-26-24-22-20-18-16-14-12-10-8-6-4-2;/h3-6,35-37H,7-34,38-39H2,1-2H3,(H,47,48,49);/q;+1/p-1/b5-3+,6-4+;. The maximum atomic E-state index is 13.0. The number of esters is 2. The molecule has 0 aliphatic rings. The summed E-state index contributed by atoms with van der Waals surface area (Å²) in [6, 6.07) is 3.62. The van der Waals surface area contributed by atoms with Gasteiger partial charge in [-0.1, -0.05) is 172 Å². The van der Waals surface area contributed by atoms with E-state index in [1.54, 1.807) is 0 Å². The maximum Gasteiger partial charge on any atom is 1.00 e. The topological polar surface area (TPSA) is 110 Å². The molecule has 0 bridgehead atoms. The van der Waals surface area contributed by atoms with Gasteiger partial charge in [0, 0.05) is 0 Å². The summed E-state index contributed by atoms with van der Waals surface area (Å²) in [6.07, 6.45) is 42.0. The van der Waals surface area contributed by atoms with Crippen molar-refractivity contribution in [3.63, 3.8) is 0 Å². The van der Waals surface area contributed by atoms with Crippen LogP contribution in [0, 0.1) is 0 Å². The van der Waals surface area contributed by atoms with Crippen molar-refractivity contribution in [2.24, 2.45) is 0 Å². The normalized spacial score (nSPS) is 11.7. The van der Waals surface area contributed by atoms with Gasteiger partial charge in [0.15, 0.2) is 0 Å². The van der Waals surface area contributed by atoms with E-state index in [-0.39, 0.29) is 70.2 Å². The average molecular weight is 785 g/mol. The Morgan fingerprint density at radius 3 is 1.19 bits per heavy atom. The van der Waals surface area contributed by atoms with Gasteiger partial charge < -0.3 is 14.0 Å². The first-order valence-electron chi connectivity index (χ1n) is 21.0. The summed E-state index contributed by atoms with van der Waals surface area (Å²) in [5, 5.41) is 0. The molecule has 0 saturated carbocycles. The van der Waals surface area contributed by atoms with Gasteiger partial charge in [0.2, 0.25) is 0 Å². The third kappa shape index (κ3) is 29.1. The minimum Gasteiger partial charge on any atom is -0.744 e. The van der Waals surface area contributed by atoms with Gasteiger partial charge in [-0.25, -0.2) is 18.0 Å². The zero-order valence-corrected chi connectivity index (χ0v) is 38.0. The maximum absolute atomic E-state index is 13.0. The van der Waals surface area contributed by atoms with E-state index in [1.165, 1.54) is 141 Å². The van der Waals surface area contributed by atoms with Crippen LogP contribution in [0.4, 0.5) is 0 Å². The number of unbranched alkanes of at least 4 members (excludes halogenated alkanes) is 26. The molecule has 1 aromatic rings. The molecule has 0 N–H and O–H groups in total. The molecule has 1 aromatic carbocycles. The summed E-state index contributed by atoms with van der Waals surface area (Å²) in [4.78, 5) is 25.2. The summed E-state index contributed by atoms with van der Waals surface area (Å²) in [5.41, 5.74) is -0.777. The molecule has 53 heavy (non-hydrogen) atoms. The summed E-state index contributed by atoms with van der Waals surface area (Å²) >= 11 is 0. The molecule has 0 radical (unpaired) electrons. The van der Waals surface area contributed by atoms with E-state index in [0.717, 1.165) is 44.6 Å². The van der Waals surface area contributed by atoms with Crippen LogP contribution in [-0.2, 0) is 19.6 Å². The SMILES string of the molecule is C/C=C/CCCCCCCCCCCCCCCOC(=O)c1cccc(S(=O)(=O)[O-])c1C(=O)OCCCCCCCCCCCCCCC/C=C/C.[K+]. The van der Waals surface area contributed by atoms with E-state index < -0.39 is 32.5 Å². The number of hydrogen-bond acceptors (Lipinski definition) is 7. The molecule has 0 unspecified atom stereocenters. The number of ether oxygens (including phenoxy) is 2. The summed E-state index contributed by atoms with van der Waals surface area (Å²) < 4.78 is 46.7. The van der Waals surface area contributed by atoms with Crippen molar-refractivity contribution in [2.75, 3.05) is 13.2 Å². The second-order valence-electron chi connectivity index (χ2n) is 14.3. The number of rotatable bonds is 35. The van der Waals surface area contributed by atoms with E-state index in [9.17, 15) is 22.6 Å². The first-order chi connectivity index (χ1) is 25.3. The van der Waals surface area contributed by atoms with E-state index in [4.69, 9.17) is 9.47 Å². The first kappa shape index (κ1) is 52.2. The van der Waals surface area contributed by atoms with Gasteiger partial charge in [0.25, 0.3) is 0 Å². The van der Waals surface area contributed by atoms with Crippen LogP contribution < -0.4 is 51.4 Å². The Balaban J connectivity index is 0.0000270. The van der Waals surface area contributed by atoms with Crippen LogP contribution in [0.15, 0.2) is 47.4 Å². The Morgan fingerprint density at radius 2 is 0.849 bits per heavy atom. The second kappa shape index (κ2) is 36.8. The third-order valence-corrected chi connectivity index (χ3v) is 10.6. The van der Waals surface area contributed by atoms with Crippen molar-refractivity contribution in [3.8, 4) is 0 Å². The minimum absolute atomic E-state index is 0. The molecule has 0 atom stereocenters. The Hall–Kier alpha value is -0.814. The van der Waals surface area contributed by atoms with Gasteiger partial charge in [0.1, 0.15) is 10.1 Å². The Morgan fingerprint density at radius 1 is 0.528 bits per heavy atom. The van der Waals surface area contributed by atoms with Crippen LogP contribution in [0.3, 0.4) is 0 Å².